The Morgan fingerprint density at radius 2 is 1.74 bits per heavy atom. The van der Waals surface area contributed by atoms with Gasteiger partial charge in [0.1, 0.15) is 12.4 Å². The average Bonchev–Trinajstić information content (AvgIpc) is 2.34. The van der Waals surface area contributed by atoms with Crippen LogP contribution >= 0.6 is 0 Å². The SMILES string of the molecule is CC(=O)OC(=O)c1ccc(OCCOC(C)C)cc1. The molecule has 0 saturated heterocycles. The van der Waals surface area contributed by atoms with E-state index < -0.39 is 11.9 Å². The molecule has 1 aromatic rings. The molecule has 5 heteroatoms. The summed E-state index contributed by atoms with van der Waals surface area (Å²) < 4.78 is 15.2. The van der Waals surface area contributed by atoms with Crippen LogP contribution in [0.5, 0.6) is 5.75 Å². The summed E-state index contributed by atoms with van der Waals surface area (Å²) in [5.41, 5.74) is 0.306. The normalized spacial score (nSPS) is 10.3. The molecule has 0 amide bonds. The zero-order valence-corrected chi connectivity index (χ0v) is 11.3. The Hall–Kier alpha value is -1.88. The van der Waals surface area contributed by atoms with Crippen LogP contribution in [0.25, 0.3) is 0 Å². The summed E-state index contributed by atoms with van der Waals surface area (Å²) in [4.78, 5) is 22.0. The smallest absolute Gasteiger partial charge is 0.345 e. The summed E-state index contributed by atoms with van der Waals surface area (Å²) in [5.74, 6) is -0.662. The molecule has 104 valence electrons. The first-order chi connectivity index (χ1) is 8.99. The lowest BCUT2D eigenvalue weighted by Crippen LogP contribution is -2.11. The Morgan fingerprint density at radius 1 is 1.11 bits per heavy atom. The van der Waals surface area contributed by atoms with Gasteiger partial charge in [-0.3, -0.25) is 4.79 Å². The van der Waals surface area contributed by atoms with Gasteiger partial charge in [-0.15, -0.1) is 0 Å². The van der Waals surface area contributed by atoms with Crippen LogP contribution in [0, 0.1) is 0 Å². The van der Waals surface area contributed by atoms with E-state index >= 15 is 0 Å². The van der Waals surface area contributed by atoms with E-state index in [9.17, 15) is 9.59 Å². The lowest BCUT2D eigenvalue weighted by atomic mass is 10.2. The van der Waals surface area contributed by atoms with Gasteiger partial charge in [-0.25, -0.2) is 4.79 Å². The standard InChI is InChI=1S/C14H18O5/c1-10(2)17-8-9-18-13-6-4-12(5-7-13)14(16)19-11(3)15/h4-7,10H,8-9H2,1-3H3. The molecule has 5 nitrogen and oxygen atoms in total. The number of hydrogen-bond donors (Lipinski definition) is 0. The van der Waals surface area contributed by atoms with Crippen LogP contribution in [-0.2, 0) is 14.3 Å². The minimum atomic E-state index is -0.665. The molecular weight excluding hydrogens is 248 g/mol. The van der Waals surface area contributed by atoms with Gasteiger partial charge >= 0.3 is 11.9 Å². The summed E-state index contributed by atoms with van der Waals surface area (Å²) in [6, 6.07) is 6.38. The van der Waals surface area contributed by atoms with Crippen LogP contribution in [-0.4, -0.2) is 31.3 Å². The van der Waals surface area contributed by atoms with E-state index in [0.717, 1.165) is 0 Å². The Bertz CT molecular complexity index is 422. The van der Waals surface area contributed by atoms with E-state index in [1.165, 1.54) is 6.92 Å². The quantitative estimate of drug-likeness (QED) is 0.448. The first-order valence-electron chi connectivity index (χ1n) is 6.06. The summed E-state index contributed by atoms with van der Waals surface area (Å²) in [6.07, 6.45) is 0.173. The van der Waals surface area contributed by atoms with Gasteiger partial charge in [0.2, 0.25) is 0 Å². The van der Waals surface area contributed by atoms with Crippen molar-refractivity contribution >= 4 is 11.9 Å². The molecule has 1 aromatic carbocycles. The molecule has 0 bridgehead atoms. The van der Waals surface area contributed by atoms with Crippen molar-refractivity contribution in [2.45, 2.75) is 26.9 Å². The second-order valence-electron chi connectivity index (χ2n) is 4.17. The monoisotopic (exact) mass is 266 g/mol. The molecule has 0 aromatic heterocycles. The van der Waals surface area contributed by atoms with Crippen molar-refractivity contribution in [3.63, 3.8) is 0 Å². The fourth-order valence-corrected chi connectivity index (χ4v) is 1.32. The molecule has 19 heavy (non-hydrogen) atoms. The third-order valence-corrected chi connectivity index (χ3v) is 2.13. The lowest BCUT2D eigenvalue weighted by molar-refractivity contribution is -0.135. The van der Waals surface area contributed by atoms with Gasteiger partial charge < -0.3 is 14.2 Å². The molecule has 0 fully saturated rings. The Balaban J connectivity index is 2.43. The highest BCUT2D eigenvalue weighted by molar-refractivity contribution is 5.96. The maximum absolute atomic E-state index is 11.4. The average molecular weight is 266 g/mol. The van der Waals surface area contributed by atoms with E-state index in [4.69, 9.17) is 9.47 Å². The van der Waals surface area contributed by atoms with Crippen molar-refractivity contribution in [1.82, 2.24) is 0 Å². The summed E-state index contributed by atoms with van der Waals surface area (Å²) in [5, 5.41) is 0. The predicted octanol–water partition coefficient (Wildman–Crippen LogP) is 2.19. The topological polar surface area (TPSA) is 61.8 Å². The van der Waals surface area contributed by atoms with Gasteiger partial charge in [0.05, 0.1) is 18.3 Å². The van der Waals surface area contributed by atoms with Crippen LogP contribution in [0.1, 0.15) is 31.1 Å². The molecule has 0 aliphatic heterocycles. The first-order valence-corrected chi connectivity index (χ1v) is 6.06. The first kappa shape index (κ1) is 15.2. The van der Waals surface area contributed by atoms with Crippen molar-refractivity contribution in [1.29, 1.82) is 0 Å². The van der Waals surface area contributed by atoms with Crippen molar-refractivity contribution in [3.05, 3.63) is 29.8 Å². The molecule has 0 atom stereocenters. The molecule has 0 aliphatic rings. The molecule has 0 N–H and O–H groups in total. The maximum Gasteiger partial charge on any atom is 0.345 e. The van der Waals surface area contributed by atoms with E-state index in [1.807, 2.05) is 13.8 Å². The van der Waals surface area contributed by atoms with E-state index in [2.05, 4.69) is 4.74 Å². The number of esters is 2. The van der Waals surface area contributed by atoms with E-state index in [1.54, 1.807) is 24.3 Å². The Morgan fingerprint density at radius 3 is 2.26 bits per heavy atom. The molecular formula is C14H18O5. The largest absolute Gasteiger partial charge is 0.491 e. The van der Waals surface area contributed by atoms with Gasteiger partial charge in [-0.05, 0) is 38.1 Å². The summed E-state index contributed by atoms with van der Waals surface area (Å²) in [7, 11) is 0. The van der Waals surface area contributed by atoms with E-state index in [0.29, 0.717) is 24.5 Å². The van der Waals surface area contributed by atoms with Gasteiger partial charge in [0.15, 0.2) is 0 Å². The van der Waals surface area contributed by atoms with E-state index in [-0.39, 0.29) is 6.10 Å². The second-order valence-corrected chi connectivity index (χ2v) is 4.17. The fourth-order valence-electron chi connectivity index (χ4n) is 1.32. The Kier molecular flexibility index (Phi) is 6.02. The number of ether oxygens (including phenoxy) is 3. The second kappa shape index (κ2) is 7.53. The third kappa shape index (κ3) is 6.01. The zero-order chi connectivity index (χ0) is 14.3. The third-order valence-electron chi connectivity index (χ3n) is 2.13. The molecule has 0 radical (unpaired) electrons. The van der Waals surface area contributed by atoms with Gasteiger partial charge in [0.25, 0.3) is 0 Å². The number of rotatable bonds is 6. The van der Waals surface area contributed by atoms with Crippen LogP contribution in [0.15, 0.2) is 24.3 Å². The minimum absolute atomic E-state index is 0.173. The number of carbonyl (C=O) groups is 2. The number of hydrogen-bond acceptors (Lipinski definition) is 5. The van der Waals surface area contributed by atoms with Crippen LogP contribution in [0.4, 0.5) is 0 Å². The van der Waals surface area contributed by atoms with Crippen LogP contribution in [0.2, 0.25) is 0 Å². The highest BCUT2D eigenvalue weighted by atomic mass is 16.6. The van der Waals surface area contributed by atoms with Crippen molar-refractivity contribution in [2.75, 3.05) is 13.2 Å². The highest BCUT2D eigenvalue weighted by Gasteiger charge is 2.09. The molecule has 0 saturated carbocycles. The van der Waals surface area contributed by atoms with Crippen molar-refractivity contribution in [3.8, 4) is 5.75 Å². The van der Waals surface area contributed by atoms with Gasteiger partial charge in [-0.2, -0.15) is 0 Å². The van der Waals surface area contributed by atoms with Crippen molar-refractivity contribution < 1.29 is 23.8 Å². The molecule has 0 heterocycles. The molecule has 0 unspecified atom stereocenters. The molecule has 1 rings (SSSR count). The molecule has 0 spiro atoms. The highest BCUT2D eigenvalue weighted by Crippen LogP contribution is 2.13. The number of benzene rings is 1. The molecule has 0 aliphatic carbocycles. The van der Waals surface area contributed by atoms with Crippen molar-refractivity contribution in [2.24, 2.45) is 0 Å². The van der Waals surface area contributed by atoms with Crippen LogP contribution in [0.3, 0.4) is 0 Å². The minimum Gasteiger partial charge on any atom is -0.491 e. The number of carbonyl (C=O) groups excluding carboxylic acids is 2. The summed E-state index contributed by atoms with van der Waals surface area (Å²) in [6.45, 7) is 6.04. The zero-order valence-electron chi connectivity index (χ0n) is 11.3. The fraction of sp³-hybridized carbons (Fsp3) is 0.429. The Labute approximate surface area is 112 Å². The van der Waals surface area contributed by atoms with Gasteiger partial charge in [0, 0.05) is 6.92 Å². The van der Waals surface area contributed by atoms with Crippen LogP contribution < -0.4 is 4.74 Å². The maximum atomic E-state index is 11.4. The van der Waals surface area contributed by atoms with Gasteiger partial charge in [-0.1, -0.05) is 0 Å². The lowest BCUT2D eigenvalue weighted by Gasteiger charge is -2.09. The predicted molar refractivity (Wildman–Crippen MR) is 69.1 cm³/mol. The summed E-state index contributed by atoms with van der Waals surface area (Å²) >= 11 is 0.